The lowest BCUT2D eigenvalue weighted by Gasteiger charge is -2.11. The number of nitrogens with one attached hydrogen (secondary N) is 1. The second-order valence-corrected chi connectivity index (χ2v) is 4.46. The van der Waals surface area contributed by atoms with E-state index >= 15 is 0 Å². The number of hydrogen-bond donors (Lipinski definition) is 1. The molecule has 1 saturated carbocycles. The maximum Gasteiger partial charge on any atom is 0.228 e. The minimum absolute atomic E-state index is 0.452. The Morgan fingerprint density at radius 1 is 1.53 bits per heavy atom. The fourth-order valence-corrected chi connectivity index (χ4v) is 2.04. The Bertz CT molecular complexity index is 474. The van der Waals surface area contributed by atoms with Crippen LogP contribution in [0.3, 0.4) is 0 Å². The standard InChI is InChI=1S/C12H15N3O2/c1-13-10(8-2-3-8)6-11-14-12(15-17-11)9-4-5-16-7-9/h4-5,7-8,10,13H,2-3,6H2,1H3. The third-order valence-electron chi connectivity index (χ3n) is 3.20. The van der Waals surface area contributed by atoms with Gasteiger partial charge in [0.05, 0.1) is 11.8 Å². The fraction of sp³-hybridized carbons (Fsp3) is 0.500. The topological polar surface area (TPSA) is 64.1 Å². The molecule has 1 aliphatic carbocycles. The van der Waals surface area contributed by atoms with Gasteiger partial charge in [0.1, 0.15) is 6.26 Å². The highest BCUT2D eigenvalue weighted by Gasteiger charge is 2.31. The molecule has 5 nitrogen and oxygen atoms in total. The molecule has 1 N–H and O–H groups in total. The molecule has 17 heavy (non-hydrogen) atoms. The summed E-state index contributed by atoms with van der Waals surface area (Å²) < 4.78 is 10.3. The molecular weight excluding hydrogens is 218 g/mol. The zero-order valence-electron chi connectivity index (χ0n) is 9.72. The normalized spacial score (nSPS) is 17.2. The van der Waals surface area contributed by atoms with Gasteiger partial charge in [-0.25, -0.2) is 0 Å². The van der Waals surface area contributed by atoms with Gasteiger partial charge in [-0.1, -0.05) is 5.16 Å². The molecule has 90 valence electrons. The van der Waals surface area contributed by atoms with Gasteiger partial charge in [-0.3, -0.25) is 0 Å². The smallest absolute Gasteiger partial charge is 0.228 e. The van der Waals surface area contributed by atoms with Crippen molar-refractivity contribution in [1.82, 2.24) is 15.5 Å². The van der Waals surface area contributed by atoms with Gasteiger partial charge < -0.3 is 14.3 Å². The van der Waals surface area contributed by atoms with Gasteiger partial charge in [0, 0.05) is 12.5 Å². The SMILES string of the molecule is CNC(Cc1nc(-c2ccoc2)no1)C1CC1. The summed E-state index contributed by atoms with van der Waals surface area (Å²) in [5, 5.41) is 7.26. The number of hydrogen-bond acceptors (Lipinski definition) is 5. The first-order chi connectivity index (χ1) is 8.36. The number of nitrogens with zero attached hydrogens (tertiary/aromatic N) is 2. The largest absolute Gasteiger partial charge is 0.472 e. The van der Waals surface area contributed by atoms with Gasteiger partial charge in [-0.15, -0.1) is 0 Å². The van der Waals surface area contributed by atoms with Crippen LogP contribution in [-0.4, -0.2) is 23.2 Å². The van der Waals surface area contributed by atoms with Gasteiger partial charge in [-0.2, -0.15) is 4.98 Å². The molecule has 0 bridgehead atoms. The maximum atomic E-state index is 5.26. The second-order valence-electron chi connectivity index (χ2n) is 4.46. The fourth-order valence-electron chi connectivity index (χ4n) is 2.04. The Labute approximate surface area is 99.2 Å². The molecule has 0 saturated heterocycles. The number of likely N-dealkylation sites (N-methyl/N-ethyl adjacent to an activating group) is 1. The van der Waals surface area contributed by atoms with Crippen LogP contribution < -0.4 is 5.32 Å². The number of aromatic nitrogens is 2. The van der Waals surface area contributed by atoms with Gasteiger partial charge >= 0.3 is 0 Å². The van der Waals surface area contributed by atoms with Crippen molar-refractivity contribution in [3.63, 3.8) is 0 Å². The average molecular weight is 233 g/mol. The zero-order valence-corrected chi connectivity index (χ0v) is 9.72. The van der Waals surface area contributed by atoms with Crippen LogP contribution in [0.1, 0.15) is 18.7 Å². The Kier molecular flexibility index (Phi) is 2.68. The summed E-state index contributed by atoms with van der Waals surface area (Å²) >= 11 is 0. The molecule has 5 heteroatoms. The van der Waals surface area contributed by atoms with Crippen molar-refractivity contribution in [2.45, 2.75) is 25.3 Å². The highest BCUT2D eigenvalue weighted by Crippen LogP contribution is 2.33. The minimum atomic E-state index is 0.452. The molecule has 1 aliphatic rings. The van der Waals surface area contributed by atoms with Crippen molar-refractivity contribution in [3.8, 4) is 11.4 Å². The van der Waals surface area contributed by atoms with Crippen molar-refractivity contribution in [2.75, 3.05) is 7.05 Å². The third kappa shape index (κ3) is 2.24. The summed E-state index contributed by atoms with van der Waals surface area (Å²) in [4.78, 5) is 4.37. The van der Waals surface area contributed by atoms with Gasteiger partial charge in [0.2, 0.25) is 11.7 Å². The van der Waals surface area contributed by atoms with E-state index in [0.29, 0.717) is 17.8 Å². The van der Waals surface area contributed by atoms with Crippen molar-refractivity contribution in [3.05, 3.63) is 24.5 Å². The number of furan rings is 1. The van der Waals surface area contributed by atoms with E-state index < -0.39 is 0 Å². The van der Waals surface area contributed by atoms with Crippen molar-refractivity contribution in [1.29, 1.82) is 0 Å². The summed E-state index contributed by atoms with van der Waals surface area (Å²) in [6.45, 7) is 0. The molecule has 0 aromatic carbocycles. The van der Waals surface area contributed by atoms with Crippen LogP contribution in [0.4, 0.5) is 0 Å². The van der Waals surface area contributed by atoms with Crippen LogP contribution in [0.25, 0.3) is 11.4 Å². The summed E-state index contributed by atoms with van der Waals surface area (Å²) in [6.07, 6.45) is 6.62. The van der Waals surface area contributed by atoms with Crippen LogP contribution in [0, 0.1) is 5.92 Å². The van der Waals surface area contributed by atoms with E-state index in [0.717, 1.165) is 17.9 Å². The lowest BCUT2D eigenvalue weighted by Crippen LogP contribution is -2.29. The predicted octanol–water partition coefficient (Wildman–Crippen LogP) is 1.87. The van der Waals surface area contributed by atoms with Gasteiger partial charge in [-0.05, 0) is 31.9 Å². The molecule has 0 spiro atoms. The van der Waals surface area contributed by atoms with Crippen molar-refractivity contribution >= 4 is 0 Å². The second kappa shape index (κ2) is 4.33. The van der Waals surface area contributed by atoms with Gasteiger partial charge in [0.15, 0.2) is 0 Å². The highest BCUT2D eigenvalue weighted by molar-refractivity contribution is 5.51. The van der Waals surface area contributed by atoms with Crippen molar-refractivity contribution in [2.24, 2.45) is 5.92 Å². The molecule has 1 atom stereocenters. The van der Waals surface area contributed by atoms with Crippen LogP contribution in [0.5, 0.6) is 0 Å². The van der Waals surface area contributed by atoms with Crippen LogP contribution in [0.2, 0.25) is 0 Å². The predicted molar refractivity (Wildman–Crippen MR) is 61.3 cm³/mol. The molecule has 2 aromatic heterocycles. The zero-order chi connectivity index (χ0) is 11.7. The molecule has 0 amide bonds. The first-order valence-corrected chi connectivity index (χ1v) is 5.89. The van der Waals surface area contributed by atoms with Crippen LogP contribution in [-0.2, 0) is 6.42 Å². The van der Waals surface area contributed by atoms with E-state index in [4.69, 9.17) is 8.94 Å². The monoisotopic (exact) mass is 233 g/mol. The van der Waals surface area contributed by atoms with E-state index in [2.05, 4.69) is 15.5 Å². The quantitative estimate of drug-likeness (QED) is 0.854. The first-order valence-electron chi connectivity index (χ1n) is 5.89. The molecular formula is C12H15N3O2. The minimum Gasteiger partial charge on any atom is -0.472 e. The number of rotatable bonds is 5. The lowest BCUT2D eigenvalue weighted by molar-refractivity contribution is 0.352. The van der Waals surface area contributed by atoms with Crippen LogP contribution in [0.15, 0.2) is 27.5 Å². The lowest BCUT2D eigenvalue weighted by atomic mass is 10.1. The molecule has 1 fully saturated rings. The van der Waals surface area contributed by atoms with Crippen LogP contribution >= 0.6 is 0 Å². The van der Waals surface area contributed by atoms with E-state index in [1.54, 1.807) is 12.5 Å². The Morgan fingerprint density at radius 2 is 2.41 bits per heavy atom. The van der Waals surface area contributed by atoms with E-state index in [1.165, 1.54) is 12.8 Å². The maximum absolute atomic E-state index is 5.26. The molecule has 3 rings (SSSR count). The van der Waals surface area contributed by atoms with E-state index in [-0.39, 0.29) is 0 Å². The first kappa shape index (κ1) is 10.5. The van der Waals surface area contributed by atoms with Gasteiger partial charge in [0.25, 0.3) is 0 Å². The molecule has 2 aromatic rings. The Morgan fingerprint density at radius 3 is 3.06 bits per heavy atom. The summed E-state index contributed by atoms with van der Waals surface area (Å²) in [5.74, 6) is 2.05. The highest BCUT2D eigenvalue weighted by atomic mass is 16.5. The summed E-state index contributed by atoms with van der Waals surface area (Å²) in [5.41, 5.74) is 0.854. The third-order valence-corrected chi connectivity index (χ3v) is 3.20. The molecule has 0 aliphatic heterocycles. The Hall–Kier alpha value is -1.62. The van der Waals surface area contributed by atoms with E-state index in [1.807, 2.05) is 13.1 Å². The Balaban J connectivity index is 1.71. The summed E-state index contributed by atoms with van der Waals surface area (Å²) in [7, 11) is 1.98. The average Bonchev–Trinajstić information content (AvgIpc) is 2.88. The molecule has 0 radical (unpaired) electrons. The van der Waals surface area contributed by atoms with E-state index in [9.17, 15) is 0 Å². The molecule has 1 unspecified atom stereocenters. The van der Waals surface area contributed by atoms with Crippen molar-refractivity contribution < 1.29 is 8.94 Å². The summed E-state index contributed by atoms with van der Waals surface area (Å²) in [6, 6.07) is 2.28. The molecule has 2 heterocycles.